The van der Waals surface area contributed by atoms with Crippen molar-refractivity contribution < 1.29 is 13.8 Å². The number of carbonyl (C=O) groups excluding carboxylic acids is 1. The van der Waals surface area contributed by atoms with Crippen molar-refractivity contribution in [1.82, 2.24) is 0 Å². The first kappa shape index (κ1) is 11.5. The van der Waals surface area contributed by atoms with Gasteiger partial charge in [0, 0.05) is 23.3 Å². The van der Waals surface area contributed by atoms with E-state index in [0.29, 0.717) is 5.56 Å². The number of alkyl halides is 1. The molecule has 0 aliphatic rings. The molecule has 1 aromatic heterocycles. The molecule has 0 bridgehead atoms. The minimum Gasteiger partial charge on any atom is -0.291 e. The third-order valence-electron chi connectivity index (χ3n) is 2.54. The number of benzene rings is 1. The van der Waals surface area contributed by atoms with E-state index in [0.717, 1.165) is 6.54 Å². The monoisotopic (exact) mass is 230 g/mol. The van der Waals surface area contributed by atoms with Crippen LogP contribution in [0.2, 0.25) is 0 Å². The highest BCUT2D eigenvalue weighted by atomic mass is 19.1. The van der Waals surface area contributed by atoms with Crippen LogP contribution in [0.1, 0.15) is 15.9 Å². The summed E-state index contributed by atoms with van der Waals surface area (Å²) >= 11 is 0. The zero-order valence-electron chi connectivity index (χ0n) is 9.34. The van der Waals surface area contributed by atoms with Crippen LogP contribution in [0, 0.1) is 0 Å². The van der Waals surface area contributed by atoms with Crippen LogP contribution in [0.25, 0.3) is 0 Å². The smallest absolute Gasteiger partial charge is 0.194 e. The summed E-state index contributed by atoms with van der Waals surface area (Å²) in [6.07, 6.45) is 3.58. The molecule has 2 nitrogen and oxygen atoms in total. The van der Waals surface area contributed by atoms with E-state index in [1.165, 1.54) is 5.56 Å². The van der Waals surface area contributed by atoms with Crippen molar-refractivity contribution in [3.8, 4) is 0 Å². The van der Waals surface area contributed by atoms with Gasteiger partial charge in [-0.2, -0.15) is 0 Å². The molecule has 0 saturated heterocycles. The zero-order valence-corrected chi connectivity index (χ0v) is 9.34. The number of Topliss-reactive ketones (excluding diaryl/α,β-unsaturated/α-hetero) is 1. The number of nitrogens with zero attached hydrogens (tertiary/aromatic N) is 1. The van der Waals surface area contributed by atoms with Gasteiger partial charge in [0.1, 0.15) is 0 Å². The van der Waals surface area contributed by atoms with E-state index in [9.17, 15) is 9.18 Å². The Labute approximate surface area is 99.3 Å². The van der Waals surface area contributed by atoms with E-state index in [1.54, 1.807) is 24.5 Å². The maximum Gasteiger partial charge on any atom is 0.194 e. The Hall–Kier alpha value is -2.03. The van der Waals surface area contributed by atoms with Gasteiger partial charge in [0.15, 0.2) is 31.4 Å². The number of carbonyl (C=O) groups is 1. The Balaban J connectivity index is 2.11. The molecule has 0 amide bonds. The lowest BCUT2D eigenvalue weighted by Gasteiger charge is -1.98. The van der Waals surface area contributed by atoms with Crippen molar-refractivity contribution in [1.29, 1.82) is 0 Å². The fraction of sp³-hybridized carbons (Fsp3) is 0.143. The number of pyridine rings is 1. The van der Waals surface area contributed by atoms with E-state index in [4.69, 9.17) is 0 Å². The molecule has 86 valence electrons. The van der Waals surface area contributed by atoms with Crippen LogP contribution >= 0.6 is 0 Å². The summed E-state index contributed by atoms with van der Waals surface area (Å²) in [5, 5.41) is 0. The van der Waals surface area contributed by atoms with Crippen LogP contribution in [0.5, 0.6) is 0 Å². The van der Waals surface area contributed by atoms with Crippen molar-refractivity contribution in [3.63, 3.8) is 0 Å². The highest BCUT2D eigenvalue weighted by Gasteiger charge is 2.07. The summed E-state index contributed by atoms with van der Waals surface area (Å²) in [5.41, 5.74) is 1.60. The highest BCUT2D eigenvalue weighted by molar-refractivity contribution is 5.96. The number of hydrogen-bond donors (Lipinski definition) is 0. The van der Waals surface area contributed by atoms with Gasteiger partial charge in [-0.05, 0) is 0 Å². The predicted molar refractivity (Wildman–Crippen MR) is 62.5 cm³/mol. The second-order valence-electron chi connectivity index (χ2n) is 3.80. The molecule has 0 spiro atoms. The molecule has 0 unspecified atom stereocenters. The Morgan fingerprint density at radius 1 is 1.06 bits per heavy atom. The van der Waals surface area contributed by atoms with Crippen molar-refractivity contribution in [2.75, 3.05) is 6.67 Å². The van der Waals surface area contributed by atoms with Gasteiger partial charge in [-0.15, -0.1) is 0 Å². The van der Waals surface area contributed by atoms with E-state index in [1.807, 2.05) is 34.9 Å². The van der Waals surface area contributed by atoms with Crippen molar-refractivity contribution in [2.45, 2.75) is 6.54 Å². The van der Waals surface area contributed by atoms with Gasteiger partial charge in [0.05, 0.1) is 0 Å². The number of halogens is 1. The summed E-state index contributed by atoms with van der Waals surface area (Å²) in [6, 6.07) is 13.3. The van der Waals surface area contributed by atoms with Crippen molar-refractivity contribution in [3.05, 3.63) is 66.0 Å². The minimum atomic E-state index is -0.942. The lowest BCUT2D eigenvalue weighted by molar-refractivity contribution is -0.688. The van der Waals surface area contributed by atoms with Crippen LogP contribution in [0.3, 0.4) is 0 Å². The second-order valence-corrected chi connectivity index (χ2v) is 3.80. The standard InChI is InChI=1S/C14H13FNO/c15-10-14(17)13-6-8-16(9-7-13)11-12-4-2-1-3-5-12/h1-9H,10-11H2/q+1. The normalized spacial score (nSPS) is 10.2. The highest BCUT2D eigenvalue weighted by Crippen LogP contribution is 2.00. The first-order chi connectivity index (χ1) is 8.29. The van der Waals surface area contributed by atoms with Crippen LogP contribution < -0.4 is 4.57 Å². The van der Waals surface area contributed by atoms with Gasteiger partial charge < -0.3 is 0 Å². The molecular formula is C14H13FNO+. The molecule has 0 atom stereocenters. The van der Waals surface area contributed by atoms with Crippen LogP contribution in [-0.2, 0) is 6.54 Å². The first-order valence-corrected chi connectivity index (χ1v) is 5.42. The van der Waals surface area contributed by atoms with E-state index < -0.39 is 12.5 Å². The fourth-order valence-corrected chi connectivity index (χ4v) is 1.62. The average Bonchev–Trinajstić information content (AvgIpc) is 2.40. The predicted octanol–water partition coefficient (Wildman–Crippen LogP) is 2.17. The van der Waals surface area contributed by atoms with Gasteiger partial charge in [-0.1, -0.05) is 30.3 Å². The Kier molecular flexibility index (Phi) is 3.60. The molecule has 2 aromatic rings. The lowest BCUT2D eigenvalue weighted by Crippen LogP contribution is -2.33. The van der Waals surface area contributed by atoms with Gasteiger partial charge in [0.25, 0.3) is 0 Å². The van der Waals surface area contributed by atoms with Crippen LogP contribution in [0.4, 0.5) is 4.39 Å². The summed E-state index contributed by atoms with van der Waals surface area (Å²) in [4.78, 5) is 11.1. The topological polar surface area (TPSA) is 20.9 Å². The molecule has 0 saturated carbocycles. The third kappa shape index (κ3) is 2.97. The van der Waals surface area contributed by atoms with Crippen LogP contribution in [-0.4, -0.2) is 12.5 Å². The number of hydrogen-bond acceptors (Lipinski definition) is 1. The summed E-state index contributed by atoms with van der Waals surface area (Å²) in [6.45, 7) is -0.201. The molecule has 0 radical (unpaired) electrons. The summed E-state index contributed by atoms with van der Waals surface area (Å²) < 4.78 is 14.1. The first-order valence-electron chi connectivity index (χ1n) is 5.42. The van der Waals surface area contributed by atoms with Crippen molar-refractivity contribution in [2.24, 2.45) is 0 Å². The molecule has 3 heteroatoms. The minimum absolute atomic E-state index is 0.414. The van der Waals surface area contributed by atoms with E-state index in [-0.39, 0.29) is 0 Å². The van der Waals surface area contributed by atoms with Gasteiger partial charge in [-0.3, -0.25) is 4.79 Å². The number of aromatic nitrogens is 1. The third-order valence-corrected chi connectivity index (χ3v) is 2.54. The lowest BCUT2D eigenvalue weighted by atomic mass is 10.2. The summed E-state index contributed by atoms with van der Waals surface area (Å²) in [5.74, 6) is -0.475. The van der Waals surface area contributed by atoms with Gasteiger partial charge >= 0.3 is 0 Å². The summed E-state index contributed by atoms with van der Waals surface area (Å²) in [7, 11) is 0. The van der Waals surface area contributed by atoms with Gasteiger partial charge in [-0.25, -0.2) is 8.96 Å². The number of rotatable bonds is 4. The number of ketones is 1. The molecule has 0 fully saturated rings. The van der Waals surface area contributed by atoms with E-state index in [2.05, 4.69) is 0 Å². The molecular weight excluding hydrogens is 217 g/mol. The quantitative estimate of drug-likeness (QED) is 0.582. The molecule has 1 aromatic carbocycles. The molecule has 2 rings (SSSR count). The molecule has 0 aliphatic carbocycles. The maximum atomic E-state index is 12.2. The van der Waals surface area contributed by atoms with E-state index >= 15 is 0 Å². The average molecular weight is 230 g/mol. The molecule has 17 heavy (non-hydrogen) atoms. The molecule has 1 heterocycles. The van der Waals surface area contributed by atoms with Crippen LogP contribution in [0.15, 0.2) is 54.9 Å². The maximum absolute atomic E-state index is 12.2. The SMILES string of the molecule is O=C(CF)c1cc[n+](Cc2ccccc2)cc1. The zero-order chi connectivity index (χ0) is 12.1. The molecule has 0 N–H and O–H groups in total. The Morgan fingerprint density at radius 2 is 1.71 bits per heavy atom. The van der Waals surface area contributed by atoms with Crippen molar-refractivity contribution >= 4 is 5.78 Å². The fourth-order valence-electron chi connectivity index (χ4n) is 1.62. The largest absolute Gasteiger partial charge is 0.291 e. The van der Waals surface area contributed by atoms with Gasteiger partial charge in [0.2, 0.25) is 0 Å². The Bertz CT molecular complexity index is 493. The Morgan fingerprint density at radius 3 is 2.29 bits per heavy atom. The molecule has 0 aliphatic heterocycles. The second kappa shape index (κ2) is 5.34.